The van der Waals surface area contributed by atoms with E-state index in [1.807, 2.05) is 0 Å². The van der Waals surface area contributed by atoms with Crippen molar-refractivity contribution in [3.63, 3.8) is 0 Å². The molecule has 0 aliphatic carbocycles. The summed E-state index contributed by atoms with van der Waals surface area (Å²) >= 11 is 0. The summed E-state index contributed by atoms with van der Waals surface area (Å²) in [6.07, 6.45) is 3.88. The maximum absolute atomic E-state index is 4.52. The normalized spacial score (nSPS) is 20.2. The Morgan fingerprint density at radius 1 is 0.692 bits per heavy atom. The van der Waals surface area contributed by atoms with Gasteiger partial charge in [0.2, 0.25) is 0 Å². The lowest BCUT2D eigenvalue weighted by Crippen LogP contribution is -2.47. The van der Waals surface area contributed by atoms with Gasteiger partial charge in [-0.05, 0) is 43.9 Å². The number of nitrogens with zero attached hydrogens (tertiary/aromatic N) is 5. The molecule has 4 rings (SSSR count). The number of hydrogen-bond donors (Lipinski definition) is 0. The van der Waals surface area contributed by atoms with Gasteiger partial charge in [-0.15, -0.1) is 10.2 Å². The van der Waals surface area contributed by atoms with E-state index in [0.717, 1.165) is 50.9 Å². The molecule has 2 saturated heterocycles. The number of aromatic nitrogens is 2. The van der Waals surface area contributed by atoms with Crippen LogP contribution in [0.15, 0.2) is 42.5 Å². The van der Waals surface area contributed by atoms with Crippen molar-refractivity contribution in [3.8, 4) is 0 Å². The van der Waals surface area contributed by atoms with Crippen molar-refractivity contribution < 1.29 is 0 Å². The van der Waals surface area contributed by atoms with Crippen LogP contribution in [-0.2, 0) is 0 Å². The Balaban J connectivity index is 1.34. The summed E-state index contributed by atoms with van der Waals surface area (Å²) in [4.78, 5) is 7.28. The predicted molar refractivity (Wildman–Crippen MR) is 107 cm³/mol. The highest BCUT2D eigenvalue weighted by atomic mass is 15.3. The summed E-state index contributed by atoms with van der Waals surface area (Å²) in [5.74, 6) is 2.04. The predicted octanol–water partition coefficient (Wildman–Crippen LogP) is 3.35. The Bertz CT molecular complexity index is 673. The Labute approximate surface area is 156 Å². The van der Waals surface area contributed by atoms with E-state index in [1.165, 1.54) is 24.8 Å². The first-order valence-corrected chi connectivity index (χ1v) is 9.94. The van der Waals surface area contributed by atoms with Gasteiger partial charge < -0.3 is 9.80 Å². The van der Waals surface area contributed by atoms with Gasteiger partial charge in [-0.25, -0.2) is 0 Å². The molecular formula is C21H29N5. The van der Waals surface area contributed by atoms with Gasteiger partial charge in [0, 0.05) is 45.3 Å². The summed E-state index contributed by atoms with van der Waals surface area (Å²) in [6, 6.07) is 15.5. The monoisotopic (exact) mass is 351 g/mol. The van der Waals surface area contributed by atoms with Crippen molar-refractivity contribution in [1.29, 1.82) is 0 Å². The van der Waals surface area contributed by atoms with Crippen molar-refractivity contribution in [2.24, 2.45) is 0 Å². The molecule has 5 heteroatoms. The zero-order chi connectivity index (χ0) is 17.8. The number of anilines is 2. The van der Waals surface area contributed by atoms with E-state index in [0.29, 0.717) is 6.04 Å². The standard InChI is InChI=1S/C21H29N5/c1-18(19-8-4-2-5-9-19)24-14-16-26(17-15-24)21-11-10-20(22-23-21)25-12-6-3-7-13-25/h2,4-5,8-11,18H,3,6-7,12-17H2,1H3. The van der Waals surface area contributed by atoms with E-state index >= 15 is 0 Å². The first-order valence-electron chi connectivity index (χ1n) is 9.94. The molecule has 5 nitrogen and oxygen atoms in total. The summed E-state index contributed by atoms with van der Waals surface area (Å²) < 4.78 is 0. The number of hydrogen-bond acceptors (Lipinski definition) is 5. The van der Waals surface area contributed by atoms with E-state index in [-0.39, 0.29) is 0 Å². The molecule has 2 aliphatic heterocycles. The molecule has 1 unspecified atom stereocenters. The Hall–Kier alpha value is -2.14. The van der Waals surface area contributed by atoms with Gasteiger partial charge in [0.05, 0.1) is 0 Å². The van der Waals surface area contributed by atoms with Gasteiger partial charge in [0.15, 0.2) is 11.6 Å². The lowest BCUT2D eigenvalue weighted by Gasteiger charge is -2.38. The molecular weight excluding hydrogens is 322 g/mol. The van der Waals surface area contributed by atoms with Crippen LogP contribution in [0.25, 0.3) is 0 Å². The van der Waals surface area contributed by atoms with Gasteiger partial charge in [-0.1, -0.05) is 30.3 Å². The maximum atomic E-state index is 4.52. The molecule has 0 spiro atoms. The molecule has 138 valence electrons. The summed E-state index contributed by atoms with van der Waals surface area (Å²) in [7, 11) is 0. The van der Waals surface area contributed by atoms with Crippen LogP contribution in [0, 0.1) is 0 Å². The van der Waals surface area contributed by atoms with Crippen molar-refractivity contribution in [2.45, 2.75) is 32.2 Å². The van der Waals surface area contributed by atoms with Gasteiger partial charge in [0.25, 0.3) is 0 Å². The van der Waals surface area contributed by atoms with E-state index in [2.05, 4.69) is 74.3 Å². The van der Waals surface area contributed by atoms with Gasteiger partial charge in [0.1, 0.15) is 0 Å². The smallest absolute Gasteiger partial charge is 0.151 e. The van der Waals surface area contributed by atoms with Gasteiger partial charge in [-0.3, -0.25) is 4.90 Å². The number of rotatable bonds is 4. The van der Waals surface area contributed by atoms with Crippen LogP contribution in [0.4, 0.5) is 11.6 Å². The van der Waals surface area contributed by atoms with Gasteiger partial charge >= 0.3 is 0 Å². The molecule has 0 radical (unpaired) electrons. The Kier molecular flexibility index (Phi) is 5.34. The minimum atomic E-state index is 0.464. The van der Waals surface area contributed by atoms with E-state index in [1.54, 1.807) is 0 Å². The SMILES string of the molecule is CC(c1ccccc1)N1CCN(c2ccc(N3CCCCC3)nn2)CC1. The van der Waals surface area contributed by atoms with Crippen LogP contribution >= 0.6 is 0 Å². The number of piperidine rings is 1. The molecule has 0 amide bonds. The highest BCUT2D eigenvalue weighted by Gasteiger charge is 2.23. The molecule has 0 bridgehead atoms. The fraction of sp³-hybridized carbons (Fsp3) is 0.524. The molecule has 2 aromatic rings. The maximum Gasteiger partial charge on any atom is 0.151 e. The molecule has 2 aliphatic rings. The second kappa shape index (κ2) is 8.04. The molecule has 0 saturated carbocycles. The third-order valence-electron chi connectivity index (χ3n) is 5.78. The van der Waals surface area contributed by atoms with Crippen LogP contribution in [-0.4, -0.2) is 54.4 Å². The van der Waals surface area contributed by atoms with Crippen molar-refractivity contribution in [3.05, 3.63) is 48.0 Å². The summed E-state index contributed by atoms with van der Waals surface area (Å²) in [5, 5.41) is 9.02. The Morgan fingerprint density at radius 2 is 1.27 bits per heavy atom. The molecule has 1 aromatic heterocycles. The molecule has 1 aromatic carbocycles. The van der Waals surface area contributed by atoms with Crippen molar-refractivity contribution >= 4 is 11.6 Å². The molecule has 26 heavy (non-hydrogen) atoms. The highest BCUT2D eigenvalue weighted by Crippen LogP contribution is 2.24. The zero-order valence-corrected chi connectivity index (χ0v) is 15.7. The number of benzene rings is 1. The van der Waals surface area contributed by atoms with Crippen LogP contribution in [0.5, 0.6) is 0 Å². The minimum absolute atomic E-state index is 0.464. The van der Waals surface area contributed by atoms with Crippen molar-refractivity contribution in [2.75, 3.05) is 49.1 Å². The summed E-state index contributed by atoms with van der Waals surface area (Å²) in [5.41, 5.74) is 1.40. The Morgan fingerprint density at radius 3 is 1.85 bits per heavy atom. The van der Waals surface area contributed by atoms with Crippen LogP contribution in [0.1, 0.15) is 37.8 Å². The molecule has 3 heterocycles. The molecule has 1 atom stereocenters. The van der Waals surface area contributed by atoms with Crippen LogP contribution in [0.2, 0.25) is 0 Å². The lowest BCUT2D eigenvalue weighted by molar-refractivity contribution is 0.198. The average molecular weight is 351 g/mol. The largest absolute Gasteiger partial charge is 0.355 e. The second-order valence-corrected chi connectivity index (χ2v) is 7.41. The van der Waals surface area contributed by atoms with E-state index in [4.69, 9.17) is 0 Å². The van der Waals surface area contributed by atoms with Crippen LogP contribution < -0.4 is 9.80 Å². The summed E-state index contributed by atoms with van der Waals surface area (Å²) in [6.45, 7) is 8.67. The third kappa shape index (κ3) is 3.83. The first-order chi connectivity index (χ1) is 12.8. The quantitative estimate of drug-likeness (QED) is 0.844. The molecule has 2 fully saturated rings. The van der Waals surface area contributed by atoms with Crippen LogP contribution in [0.3, 0.4) is 0 Å². The van der Waals surface area contributed by atoms with Crippen molar-refractivity contribution in [1.82, 2.24) is 15.1 Å². The van der Waals surface area contributed by atoms with Gasteiger partial charge in [-0.2, -0.15) is 0 Å². The second-order valence-electron chi connectivity index (χ2n) is 7.41. The lowest BCUT2D eigenvalue weighted by atomic mass is 10.1. The average Bonchev–Trinajstić information content (AvgIpc) is 2.75. The minimum Gasteiger partial charge on any atom is -0.355 e. The van der Waals surface area contributed by atoms with E-state index in [9.17, 15) is 0 Å². The van der Waals surface area contributed by atoms with E-state index < -0.39 is 0 Å². The topological polar surface area (TPSA) is 35.5 Å². The number of piperazine rings is 1. The fourth-order valence-electron chi connectivity index (χ4n) is 4.06. The highest BCUT2D eigenvalue weighted by molar-refractivity contribution is 5.45. The zero-order valence-electron chi connectivity index (χ0n) is 15.7. The molecule has 0 N–H and O–H groups in total. The fourth-order valence-corrected chi connectivity index (χ4v) is 4.06. The third-order valence-corrected chi connectivity index (χ3v) is 5.78. The first kappa shape index (κ1) is 17.3.